The highest BCUT2D eigenvalue weighted by Gasteiger charge is 2.59. The SMILES string of the molecule is CC/C=C\C/C=C\C/C=C\C/C=C\CCC(=O)OCC1OC(OC2CCC3(C)C(=CCC4C3CCC3(C)C(C(C)CCC(C)C(C)C)CCC43)C2)C(O)C(O)C1O. The maximum absolute atomic E-state index is 12.5. The van der Waals surface area contributed by atoms with Crippen molar-refractivity contribution in [3.05, 3.63) is 60.3 Å². The van der Waals surface area contributed by atoms with Crippen molar-refractivity contribution < 1.29 is 34.3 Å². The summed E-state index contributed by atoms with van der Waals surface area (Å²) in [7, 11) is 0. The average Bonchev–Trinajstić information content (AvgIpc) is 3.55. The highest BCUT2D eigenvalue weighted by atomic mass is 16.7. The molecule has 7 nitrogen and oxygen atoms in total. The lowest BCUT2D eigenvalue weighted by atomic mass is 9.47. The molecule has 0 aromatic heterocycles. The third kappa shape index (κ3) is 11.4. The van der Waals surface area contributed by atoms with Crippen LogP contribution in [0.5, 0.6) is 0 Å². The van der Waals surface area contributed by atoms with E-state index in [4.69, 9.17) is 14.2 Å². The van der Waals surface area contributed by atoms with Crippen molar-refractivity contribution in [2.24, 2.45) is 52.3 Å². The lowest BCUT2D eigenvalue weighted by Crippen LogP contribution is -2.60. The van der Waals surface area contributed by atoms with Gasteiger partial charge in [0.2, 0.25) is 0 Å². The fourth-order valence-electron chi connectivity index (χ4n) is 11.7. The molecule has 0 bridgehead atoms. The van der Waals surface area contributed by atoms with Crippen molar-refractivity contribution in [1.29, 1.82) is 0 Å². The van der Waals surface area contributed by atoms with Gasteiger partial charge in [0.15, 0.2) is 6.29 Å². The summed E-state index contributed by atoms with van der Waals surface area (Å²) in [5.41, 5.74) is 2.10. The molecule has 1 aliphatic heterocycles. The fraction of sp³-hybridized carbons (Fsp3) is 0.780. The van der Waals surface area contributed by atoms with Crippen LogP contribution in [0.1, 0.15) is 151 Å². The van der Waals surface area contributed by atoms with E-state index in [-0.39, 0.29) is 24.5 Å². The van der Waals surface area contributed by atoms with Crippen LogP contribution < -0.4 is 0 Å². The first-order valence-electron chi connectivity index (χ1n) is 23.1. The van der Waals surface area contributed by atoms with Crippen LogP contribution in [0.25, 0.3) is 0 Å². The van der Waals surface area contributed by atoms with E-state index in [2.05, 4.69) is 91.0 Å². The van der Waals surface area contributed by atoms with Gasteiger partial charge in [-0.15, -0.1) is 0 Å². The second-order valence-corrected chi connectivity index (χ2v) is 19.5. The Morgan fingerprint density at radius 1 is 0.842 bits per heavy atom. The third-order valence-corrected chi connectivity index (χ3v) is 15.7. The first-order chi connectivity index (χ1) is 27.3. The number of aliphatic hydroxyl groups is 3. The molecule has 1 heterocycles. The summed E-state index contributed by atoms with van der Waals surface area (Å²) in [6, 6.07) is 0. The van der Waals surface area contributed by atoms with E-state index in [1.165, 1.54) is 44.1 Å². The standard InChI is InChI=1S/C50H80O7/c1-8-9-10-11-12-13-14-15-16-17-18-19-20-21-44(51)55-33-43-45(52)46(53)47(54)48(57-43)56-38-28-30-49(6)37(32-38)24-25-39-41-27-26-40(50(41,7)31-29-42(39)49)36(5)23-22-35(4)34(2)3/h9-10,12-13,15-16,18-19,24,34-36,38-43,45-48,52-54H,8,11,14,17,20-23,25-33H2,1-7H3/b10-9-,13-12-,16-15-,19-18-. The topological polar surface area (TPSA) is 105 Å². The lowest BCUT2D eigenvalue weighted by molar-refractivity contribution is -0.313. The molecule has 0 spiro atoms. The zero-order valence-corrected chi connectivity index (χ0v) is 36.7. The Bertz CT molecular complexity index is 1410. The monoisotopic (exact) mass is 793 g/mol. The minimum atomic E-state index is -1.46. The number of ether oxygens (including phenoxy) is 3. The maximum Gasteiger partial charge on any atom is 0.306 e. The molecule has 322 valence electrons. The molecule has 0 aromatic carbocycles. The number of hydrogen-bond donors (Lipinski definition) is 3. The minimum Gasteiger partial charge on any atom is -0.463 e. The van der Waals surface area contributed by atoms with Gasteiger partial charge in [0.1, 0.15) is 31.0 Å². The van der Waals surface area contributed by atoms with Crippen LogP contribution in [0.4, 0.5) is 0 Å². The fourth-order valence-corrected chi connectivity index (χ4v) is 11.7. The number of rotatable bonds is 19. The molecule has 5 aliphatic rings. The van der Waals surface area contributed by atoms with Crippen molar-refractivity contribution in [1.82, 2.24) is 0 Å². The van der Waals surface area contributed by atoms with Gasteiger partial charge < -0.3 is 29.5 Å². The second kappa shape index (κ2) is 21.5. The van der Waals surface area contributed by atoms with Crippen molar-refractivity contribution >= 4 is 5.97 Å². The molecule has 5 rings (SSSR count). The number of esters is 1. The van der Waals surface area contributed by atoms with Crippen LogP contribution in [0.2, 0.25) is 0 Å². The zero-order valence-electron chi connectivity index (χ0n) is 36.7. The van der Waals surface area contributed by atoms with Crippen LogP contribution in [-0.2, 0) is 19.0 Å². The van der Waals surface area contributed by atoms with E-state index in [1.807, 2.05) is 12.2 Å². The first-order valence-corrected chi connectivity index (χ1v) is 23.1. The highest BCUT2D eigenvalue weighted by Crippen LogP contribution is 2.67. The molecule has 14 unspecified atom stereocenters. The van der Waals surface area contributed by atoms with Crippen molar-refractivity contribution in [2.75, 3.05) is 6.61 Å². The van der Waals surface area contributed by atoms with E-state index in [9.17, 15) is 20.1 Å². The Morgan fingerprint density at radius 3 is 2.21 bits per heavy atom. The molecule has 3 saturated carbocycles. The summed E-state index contributed by atoms with van der Waals surface area (Å²) >= 11 is 0. The first kappa shape index (κ1) is 46.0. The number of carbonyl (C=O) groups is 1. The highest BCUT2D eigenvalue weighted by molar-refractivity contribution is 5.69. The number of allylic oxidation sites excluding steroid dienone is 9. The summed E-state index contributed by atoms with van der Waals surface area (Å²) in [4.78, 5) is 12.5. The van der Waals surface area contributed by atoms with Gasteiger partial charge >= 0.3 is 5.97 Å². The van der Waals surface area contributed by atoms with E-state index in [1.54, 1.807) is 0 Å². The molecule has 3 N–H and O–H groups in total. The molecular weight excluding hydrogens is 713 g/mol. The molecular formula is C50H80O7. The molecule has 7 heteroatoms. The van der Waals surface area contributed by atoms with Crippen LogP contribution in [0.3, 0.4) is 0 Å². The predicted molar refractivity (Wildman–Crippen MR) is 230 cm³/mol. The second-order valence-electron chi connectivity index (χ2n) is 19.5. The Kier molecular flexibility index (Phi) is 17.3. The van der Waals surface area contributed by atoms with E-state index >= 15 is 0 Å². The Hall–Kier alpha value is -2.03. The predicted octanol–water partition coefficient (Wildman–Crippen LogP) is 10.6. The van der Waals surface area contributed by atoms with Crippen LogP contribution in [0, 0.1) is 52.3 Å². The van der Waals surface area contributed by atoms with E-state index < -0.39 is 36.7 Å². The van der Waals surface area contributed by atoms with Crippen molar-refractivity contribution in [3.63, 3.8) is 0 Å². The Balaban J connectivity index is 1.07. The largest absolute Gasteiger partial charge is 0.463 e. The van der Waals surface area contributed by atoms with Crippen molar-refractivity contribution in [2.45, 2.75) is 188 Å². The Morgan fingerprint density at radius 2 is 1.53 bits per heavy atom. The normalized spacial score (nSPS) is 38.1. The summed E-state index contributed by atoms with van der Waals surface area (Å²) < 4.78 is 17.9. The molecule has 0 radical (unpaired) electrons. The number of carbonyl (C=O) groups excluding carboxylic acids is 1. The van der Waals surface area contributed by atoms with E-state index in [0.29, 0.717) is 17.8 Å². The van der Waals surface area contributed by atoms with Gasteiger partial charge in [-0.2, -0.15) is 0 Å². The minimum absolute atomic E-state index is 0.156. The van der Waals surface area contributed by atoms with Gasteiger partial charge in [0.25, 0.3) is 0 Å². The Labute approximate surface area is 346 Å². The van der Waals surface area contributed by atoms with Crippen LogP contribution in [0.15, 0.2) is 60.3 Å². The smallest absolute Gasteiger partial charge is 0.306 e. The summed E-state index contributed by atoms with van der Waals surface area (Å²) in [6.45, 7) is 16.8. The van der Waals surface area contributed by atoms with Gasteiger partial charge in [-0.1, -0.05) is 122 Å². The summed E-state index contributed by atoms with van der Waals surface area (Å²) in [6.07, 6.45) is 29.4. The number of aliphatic hydroxyl groups excluding tert-OH is 3. The third-order valence-electron chi connectivity index (χ3n) is 15.7. The molecule has 4 fully saturated rings. The zero-order chi connectivity index (χ0) is 41.2. The van der Waals surface area contributed by atoms with Gasteiger partial charge in [0, 0.05) is 6.42 Å². The lowest BCUT2D eigenvalue weighted by Gasteiger charge is -2.58. The van der Waals surface area contributed by atoms with Gasteiger partial charge in [0.05, 0.1) is 6.10 Å². The molecule has 4 aliphatic carbocycles. The van der Waals surface area contributed by atoms with Gasteiger partial charge in [-0.25, -0.2) is 0 Å². The quantitative estimate of drug-likeness (QED) is 0.0883. The number of fused-ring (bicyclic) bond motifs is 5. The van der Waals surface area contributed by atoms with Crippen LogP contribution in [-0.4, -0.2) is 64.7 Å². The van der Waals surface area contributed by atoms with Gasteiger partial charge in [-0.3, -0.25) is 4.79 Å². The molecule has 1 saturated heterocycles. The van der Waals surface area contributed by atoms with E-state index in [0.717, 1.165) is 86.9 Å². The molecule has 14 atom stereocenters. The summed E-state index contributed by atoms with van der Waals surface area (Å²) in [5, 5.41) is 32.4. The van der Waals surface area contributed by atoms with Gasteiger partial charge in [-0.05, 0) is 136 Å². The molecule has 0 amide bonds. The molecule has 0 aromatic rings. The molecule has 57 heavy (non-hydrogen) atoms. The average molecular weight is 793 g/mol. The van der Waals surface area contributed by atoms with Crippen LogP contribution >= 0.6 is 0 Å². The number of hydrogen-bond acceptors (Lipinski definition) is 7. The maximum atomic E-state index is 12.5. The van der Waals surface area contributed by atoms with Crippen molar-refractivity contribution in [3.8, 4) is 0 Å². The summed E-state index contributed by atoms with van der Waals surface area (Å²) in [5.74, 6) is 5.03.